The van der Waals surface area contributed by atoms with E-state index in [2.05, 4.69) is 0 Å². The lowest BCUT2D eigenvalue weighted by atomic mass is 9.61. The van der Waals surface area contributed by atoms with Crippen molar-refractivity contribution in [3.8, 4) is 0 Å². The number of ketones is 1. The lowest BCUT2D eigenvalue weighted by Crippen LogP contribution is -2.64. The molecule has 3 fully saturated rings. The Morgan fingerprint density at radius 3 is 2.43 bits per heavy atom. The van der Waals surface area contributed by atoms with Crippen LogP contribution in [0.3, 0.4) is 0 Å². The molecule has 158 valence electrons. The van der Waals surface area contributed by atoms with Crippen LogP contribution in [0.4, 0.5) is 0 Å². The van der Waals surface area contributed by atoms with E-state index >= 15 is 0 Å². The molecule has 8 nitrogen and oxygen atoms in total. The molecule has 1 saturated heterocycles. The molecule has 0 aromatic heterocycles. The number of aliphatic hydroxyl groups excluding tert-OH is 4. The van der Waals surface area contributed by atoms with Gasteiger partial charge in [-0.05, 0) is 33.1 Å². The Hall–Kier alpha value is -0.870. The first-order valence-corrected chi connectivity index (χ1v) is 9.95. The van der Waals surface area contributed by atoms with Crippen LogP contribution in [0.1, 0.15) is 40.0 Å². The lowest BCUT2D eigenvalue weighted by molar-refractivity contribution is -0.330. The lowest BCUT2D eigenvalue weighted by Gasteiger charge is -2.52. The average Bonchev–Trinajstić information content (AvgIpc) is 3.39. The molecule has 1 spiro atoms. The molecule has 28 heavy (non-hydrogen) atoms. The molecular formula is C20H30O8. The molecule has 0 aromatic carbocycles. The molecule has 3 aliphatic carbocycles. The van der Waals surface area contributed by atoms with Crippen LogP contribution in [0.25, 0.3) is 0 Å². The van der Waals surface area contributed by atoms with Gasteiger partial charge in [0.05, 0.1) is 18.1 Å². The van der Waals surface area contributed by atoms with Crippen molar-refractivity contribution in [1.29, 1.82) is 0 Å². The molecule has 0 bridgehead atoms. The second-order valence-corrected chi connectivity index (χ2v) is 9.27. The molecular weight excluding hydrogens is 368 g/mol. The van der Waals surface area contributed by atoms with Gasteiger partial charge < -0.3 is 35.0 Å². The SMILES string of the molecule is CC1=C[C@]2(O[C@@H]3O[C@H](CO)[C@@H](O)[C@H](O)[C@H]3O)C[C@H](C)C(=O)[C@@H]2[C@](C)(O)C12CC2. The predicted molar refractivity (Wildman–Crippen MR) is 95.9 cm³/mol. The summed E-state index contributed by atoms with van der Waals surface area (Å²) in [7, 11) is 0. The van der Waals surface area contributed by atoms with Crippen LogP contribution in [0, 0.1) is 17.3 Å². The van der Waals surface area contributed by atoms with Crippen molar-refractivity contribution in [2.24, 2.45) is 17.3 Å². The number of aliphatic hydroxyl groups is 5. The topological polar surface area (TPSA) is 137 Å². The molecule has 0 amide bonds. The highest BCUT2D eigenvalue weighted by Crippen LogP contribution is 2.68. The van der Waals surface area contributed by atoms with Gasteiger partial charge in [-0.1, -0.05) is 18.6 Å². The zero-order valence-electron chi connectivity index (χ0n) is 16.4. The van der Waals surface area contributed by atoms with E-state index in [1.54, 1.807) is 13.8 Å². The Bertz CT molecular complexity index is 696. The van der Waals surface area contributed by atoms with E-state index < -0.39 is 59.8 Å². The molecule has 0 radical (unpaired) electrons. The average molecular weight is 398 g/mol. The monoisotopic (exact) mass is 398 g/mol. The van der Waals surface area contributed by atoms with Crippen LogP contribution in [0.15, 0.2) is 11.6 Å². The number of hydrogen-bond donors (Lipinski definition) is 5. The van der Waals surface area contributed by atoms with Gasteiger partial charge in [0.25, 0.3) is 0 Å². The maximum atomic E-state index is 13.0. The summed E-state index contributed by atoms with van der Waals surface area (Å²) in [5.74, 6) is -1.27. The first-order valence-electron chi connectivity index (χ1n) is 9.95. The molecule has 4 aliphatic rings. The third-order valence-corrected chi connectivity index (χ3v) is 7.56. The van der Waals surface area contributed by atoms with Crippen LogP contribution in [-0.2, 0) is 14.3 Å². The molecule has 8 heteroatoms. The molecule has 1 aliphatic heterocycles. The number of carbonyl (C=O) groups excluding carboxylic acids is 1. The fraction of sp³-hybridized carbons (Fsp3) is 0.850. The molecule has 5 N–H and O–H groups in total. The Labute approximate surface area is 163 Å². The van der Waals surface area contributed by atoms with E-state index in [0.29, 0.717) is 6.42 Å². The summed E-state index contributed by atoms with van der Waals surface area (Å²) in [6, 6.07) is 0. The second kappa shape index (κ2) is 6.31. The van der Waals surface area contributed by atoms with Crippen molar-refractivity contribution < 1.29 is 39.8 Å². The summed E-state index contributed by atoms with van der Waals surface area (Å²) < 4.78 is 11.7. The van der Waals surface area contributed by atoms with Crippen molar-refractivity contribution in [1.82, 2.24) is 0 Å². The smallest absolute Gasteiger partial charge is 0.187 e. The summed E-state index contributed by atoms with van der Waals surface area (Å²) in [6.45, 7) is 4.83. The standard InChI is InChI=1S/C20H30O8/c1-9-6-20(28-17-15(25)14(24)13(23)11(8-21)27-17)7-10(2)19(4-5-19)18(3,26)16(20)12(9)22/h7,9,11,13-17,21,23-26H,4-6,8H2,1-3H3/t9-,11+,13+,14-,15+,16+,17-,18-,20+/m0/s1. The van der Waals surface area contributed by atoms with E-state index in [0.717, 1.165) is 18.4 Å². The van der Waals surface area contributed by atoms with Crippen molar-refractivity contribution in [3.05, 3.63) is 11.6 Å². The number of fused-ring (bicyclic) bond motifs is 1. The van der Waals surface area contributed by atoms with Crippen LogP contribution in [0.2, 0.25) is 0 Å². The largest absolute Gasteiger partial charge is 0.394 e. The Morgan fingerprint density at radius 2 is 1.86 bits per heavy atom. The van der Waals surface area contributed by atoms with Crippen molar-refractivity contribution in [3.63, 3.8) is 0 Å². The fourth-order valence-corrected chi connectivity index (χ4v) is 5.85. The number of hydrogen-bond acceptors (Lipinski definition) is 8. The minimum Gasteiger partial charge on any atom is -0.394 e. The predicted octanol–water partition coefficient (Wildman–Crippen LogP) is -0.742. The van der Waals surface area contributed by atoms with Gasteiger partial charge in [-0.15, -0.1) is 0 Å². The zero-order chi connectivity index (χ0) is 20.6. The van der Waals surface area contributed by atoms with Crippen LogP contribution in [-0.4, -0.2) is 79.8 Å². The highest BCUT2D eigenvalue weighted by atomic mass is 16.7. The van der Waals surface area contributed by atoms with Crippen molar-refractivity contribution in [2.45, 2.75) is 81.9 Å². The summed E-state index contributed by atoms with van der Waals surface area (Å²) in [6.07, 6.45) is -3.27. The summed E-state index contributed by atoms with van der Waals surface area (Å²) in [5.41, 5.74) is -1.98. The van der Waals surface area contributed by atoms with Gasteiger partial charge in [-0.3, -0.25) is 4.79 Å². The van der Waals surface area contributed by atoms with E-state index in [-0.39, 0.29) is 11.7 Å². The second-order valence-electron chi connectivity index (χ2n) is 9.27. The minimum atomic E-state index is -1.57. The Balaban J connectivity index is 1.73. The van der Waals surface area contributed by atoms with Gasteiger partial charge >= 0.3 is 0 Å². The normalized spacial score (nSPS) is 52.5. The molecule has 1 heterocycles. The number of Topliss-reactive ketones (excluding diaryl/α,β-unsaturated/α-hetero) is 1. The maximum Gasteiger partial charge on any atom is 0.187 e. The summed E-state index contributed by atoms with van der Waals surface area (Å²) in [5, 5.41) is 51.4. The first-order chi connectivity index (χ1) is 13.0. The summed E-state index contributed by atoms with van der Waals surface area (Å²) in [4.78, 5) is 13.0. The van der Waals surface area contributed by atoms with Gasteiger partial charge in [-0.25, -0.2) is 0 Å². The fourth-order valence-electron chi connectivity index (χ4n) is 5.85. The van der Waals surface area contributed by atoms with Gasteiger partial charge in [-0.2, -0.15) is 0 Å². The Kier molecular flexibility index (Phi) is 4.60. The van der Waals surface area contributed by atoms with Crippen LogP contribution >= 0.6 is 0 Å². The first kappa shape index (κ1) is 20.4. The van der Waals surface area contributed by atoms with Gasteiger partial charge in [0.15, 0.2) is 6.29 Å². The molecule has 2 saturated carbocycles. The van der Waals surface area contributed by atoms with E-state index in [1.165, 1.54) is 0 Å². The van der Waals surface area contributed by atoms with E-state index in [4.69, 9.17) is 9.47 Å². The number of ether oxygens (including phenoxy) is 2. The number of rotatable bonds is 3. The van der Waals surface area contributed by atoms with Gasteiger partial charge in [0, 0.05) is 11.3 Å². The molecule has 0 unspecified atom stereocenters. The maximum absolute atomic E-state index is 13.0. The quantitative estimate of drug-likeness (QED) is 0.392. The number of carbonyl (C=O) groups is 1. The van der Waals surface area contributed by atoms with Crippen molar-refractivity contribution in [2.75, 3.05) is 6.61 Å². The molecule has 9 atom stereocenters. The third-order valence-electron chi connectivity index (χ3n) is 7.56. The van der Waals surface area contributed by atoms with Crippen LogP contribution in [0.5, 0.6) is 0 Å². The van der Waals surface area contributed by atoms with E-state index in [1.807, 2.05) is 13.0 Å². The van der Waals surface area contributed by atoms with E-state index in [9.17, 15) is 30.3 Å². The van der Waals surface area contributed by atoms with Gasteiger partial charge in [0.2, 0.25) is 0 Å². The van der Waals surface area contributed by atoms with Crippen molar-refractivity contribution >= 4 is 5.78 Å². The molecule has 4 rings (SSSR count). The van der Waals surface area contributed by atoms with Gasteiger partial charge in [0.1, 0.15) is 35.8 Å². The highest BCUT2D eigenvalue weighted by Gasteiger charge is 2.72. The molecule has 0 aromatic rings. The summed E-state index contributed by atoms with van der Waals surface area (Å²) >= 11 is 0. The third kappa shape index (κ3) is 2.52. The minimum absolute atomic E-state index is 0.0929. The van der Waals surface area contributed by atoms with Crippen LogP contribution < -0.4 is 0 Å². The Morgan fingerprint density at radius 1 is 1.21 bits per heavy atom. The zero-order valence-corrected chi connectivity index (χ0v) is 16.4. The highest BCUT2D eigenvalue weighted by molar-refractivity contribution is 5.89.